The molecule has 1 rings (SSSR count). The number of nitrogens with two attached hydrogens (primary N) is 1. The molecule has 0 bridgehead atoms. The molecule has 1 heterocycles. The lowest BCUT2D eigenvalue weighted by Crippen LogP contribution is -2.32. The number of hydrogen-bond acceptors (Lipinski definition) is 3. The van der Waals surface area contributed by atoms with E-state index >= 15 is 0 Å². The highest BCUT2D eigenvalue weighted by Crippen LogP contribution is 2.09. The van der Waals surface area contributed by atoms with E-state index in [0.29, 0.717) is 18.4 Å². The fraction of sp³-hybridized carbons (Fsp3) is 0.571. The molecule has 0 radical (unpaired) electrons. The number of pyridine rings is 1. The molecule has 1 aromatic heterocycles. The van der Waals surface area contributed by atoms with Gasteiger partial charge in [0.05, 0.1) is 13.7 Å². The topological polar surface area (TPSA) is 72.5 Å². The Kier molecular flexibility index (Phi) is 7.39. The Morgan fingerprint density at radius 3 is 3.00 bits per heavy atom. The lowest BCUT2D eigenvalue weighted by atomic mass is 10.2. The molecule has 106 valence electrons. The fourth-order valence-electron chi connectivity index (χ4n) is 1.66. The maximum absolute atomic E-state index is 5.80. The molecule has 0 saturated heterocycles. The van der Waals surface area contributed by atoms with Crippen LogP contribution in [0.4, 0.5) is 0 Å². The maximum atomic E-state index is 5.80. The van der Waals surface area contributed by atoms with E-state index in [1.165, 1.54) is 19.3 Å². The largest absolute Gasteiger partial charge is 0.481 e. The molecule has 19 heavy (non-hydrogen) atoms. The minimum atomic E-state index is 0.493. The lowest BCUT2D eigenvalue weighted by molar-refractivity contribution is 0.397. The molecule has 0 amide bonds. The lowest BCUT2D eigenvalue weighted by Gasteiger charge is -2.05. The van der Waals surface area contributed by atoms with Crippen LogP contribution in [0.3, 0.4) is 0 Å². The van der Waals surface area contributed by atoms with Crippen LogP contribution in [0.2, 0.25) is 0 Å². The molecule has 0 aromatic carbocycles. The van der Waals surface area contributed by atoms with Crippen molar-refractivity contribution in [2.45, 2.75) is 39.2 Å². The Labute approximate surface area is 115 Å². The van der Waals surface area contributed by atoms with E-state index in [0.717, 1.165) is 18.5 Å². The van der Waals surface area contributed by atoms with Gasteiger partial charge in [-0.25, -0.2) is 9.98 Å². The molecule has 0 aliphatic heterocycles. The summed E-state index contributed by atoms with van der Waals surface area (Å²) >= 11 is 0. The zero-order chi connectivity index (χ0) is 13.9. The van der Waals surface area contributed by atoms with Crippen molar-refractivity contribution in [1.82, 2.24) is 10.3 Å². The van der Waals surface area contributed by atoms with Gasteiger partial charge in [0.25, 0.3) is 0 Å². The van der Waals surface area contributed by atoms with Gasteiger partial charge >= 0.3 is 0 Å². The number of unbranched alkanes of at least 4 members (excludes halogenated alkanes) is 3. The van der Waals surface area contributed by atoms with Gasteiger partial charge in [0.15, 0.2) is 5.96 Å². The van der Waals surface area contributed by atoms with Gasteiger partial charge in [0, 0.05) is 18.8 Å². The minimum Gasteiger partial charge on any atom is -0.481 e. The van der Waals surface area contributed by atoms with E-state index in [9.17, 15) is 0 Å². The molecule has 0 aliphatic carbocycles. The van der Waals surface area contributed by atoms with E-state index < -0.39 is 0 Å². The first-order valence-corrected chi connectivity index (χ1v) is 6.79. The van der Waals surface area contributed by atoms with Crippen molar-refractivity contribution in [3.05, 3.63) is 23.9 Å². The van der Waals surface area contributed by atoms with Crippen molar-refractivity contribution in [2.75, 3.05) is 13.7 Å². The number of rotatable bonds is 8. The molecule has 3 N–H and O–H groups in total. The molecule has 5 nitrogen and oxygen atoms in total. The summed E-state index contributed by atoms with van der Waals surface area (Å²) in [6.45, 7) is 3.62. The molecule has 1 aromatic rings. The summed E-state index contributed by atoms with van der Waals surface area (Å²) in [6.07, 6.45) is 6.59. The number of methoxy groups -OCH3 is 1. The number of aromatic nitrogens is 1. The standard InChI is InChI=1S/C14H24N4O/c1-3-4-5-6-8-17-14(15)18-11-12-7-9-16-13(10-12)19-2/h7,9-10H,3-6,8,11H2,1-2H3,(H3,15,17,18). The van der Waals surface area contributed by atoms with Crippen molar-refractivity contribution >= 4 is 5.96 Å². The van der Waals surface area contributed by atoms with Crippen molar-refractivity contribution in [3.8, 4) is 5.88 Å². The summed E-state index contributed by atoms with van der Waals surface area (Å²) in [6, 6.07) is 3.76. The second-order valence-corrected chi connectivity index (χ2v) is 4.40. The van der Waals surface area contributed by atoms with Gasteiger partial charge in [0.1, 0.15) is 0 Å². The van der Waals surface area contributed by atoms with Crippen molar-refractivity contribution in [1.29, 1.82) is 0 Å². The molecule has 0 aliphatic rings. The maximum Gasteiger partial charge on any atom is 0.213 e. The van der Waals surface area contributed by atoms with E-state index in [-0.39, 0.29) is 0 Å². The van der Waals surface area contributed by atoms with Crippen LogP contribution in [0.5, 0.6) is 5.88 Å². The Hall–Kier alpha value is -1.78. The third-order valence-corrected chi connectivity index (χ3v) is 2.78. The SMILES string of the molecule is CCCCCCNC(N)=NCc1ccnc(OC)c1. The molecule has 0 unspecified atom stereocenters. The van der Waals surface area contributed by atoms with Crippen molar-refractivity contribution in [2.24, 2.45) is 10.7 Å². The second kappa shape index (κ2) is 9.19. The molecule has 0 fully saturated rings. The second-order valence-electron chi connectivity index (χ2n) is 4.40. The predicted molar refractivity (Wildman–Crippen MR) is 78.3 cm³/mol. The number of aliphatic imine (C=N–C) groups is 1. The zero-order valence-electron chi connectivity index (χ0n) is 11.9. The van der Waals surface area contributed by atoms with E-state index in [1.54, 1.807) is 13.3 Å². The Morgan fingerprint density at radius 1 is 1.42 bits per heavy atom. The highest BCUT2D eigenvalue weighted by Gasteiger charge is 1.97. The summed E-state index contributed by atoms with van der Waals surface area (Å²) in [7, 11) is 1.60. The van der Waals surface area contributed by atoms with E-state index in [1.807, 2.05) is 12.1 Å². The summed E-state index contributed by atoms with van der Waals surface area (Å²) in [5, 5.41) is 3.12. The third kappa shape index (κ3) is 6.64. The van der Waals surface area contributed by atoms with Gasteiger partial charge in [-0.3, -0.25) is 0 Å². The zero-order valence-corrected chi connectivity index (χ0v) is 11.9. The van der Waals surface area contributed by atoms with Crippen LogP contribution in [-0.2, 0) is 6.54 Å². The number of guanidine groups is 1. The Bertz CT molecular complexity index is 393. The third-order valence-electron chi connectivity index (χ3n) is 2.78. The average molecular weight is 264 g/mol. The highest BCUT2D eigenvalue weighted by molar-refractivity contribution is 5.77. The van der Waals surface area contributed by atoms with Crippen LogP contribution < -0.4 is 15.8 Å². The first-order valence-electron chi connectivity index (χ1n) is 6.79. The van der Waals surface area contributed by atoms with Gasteiger partial charge in [-0.1, -0.05) is 26.2 Å². The quantitative estimate of drug-likeness (QED) is 0.428. The summed E-state index contributed by atoms with van der Waals surface area (Å²) in [5.74, 6) is 1.09. The van der Waals surface area contributed by atoms with Gasteiger partial charge in [0.2, 0.25) is 5.88 Å². The van der Waals surface area contributed by atoms with Gasteiger partial charge in [-0.15, -0.1) is 0 Å². The number of hydrogen-bond donors (Lipinski definition) is 2. The van der Waals surface area contributed by atoms with Crippen LogP contribution in [-0.4, -0.2) is 24.6 Å². The summed E-state index contributed by atoms with van der Waals surface area (Å²) < 4.78 is 5.06. The normalized spacial score (nSPS) is 11.4. The monoisotopic (exact) mass is 264 g/mol. The summed E-state index contributed by atoms with van der Waals surface area (Å²) in [5.41, 5.74) is 6.83. The van der Waals surface area contributed by atoms with Crippen LogP contribution in [0.15, 0.2) is 23.3 Å². The smallest absolute Gasteiger partial charge is 0.213 e. The van der Waals surface area contributed by atoms with Crippen LogP contribution in [0, 0.1) is 0 Å². The first kappa shape index (κ1) is 15.3. The van der Waals surface area contributed by atoms with E-state index in [4.69, 9.17) is 10.5 Å². The minimum absolute atomic E-state index is 0.493. The Morgan fingerprint density at radius 2 is 2.26 bits per heavy atom. The van der Waals surface area contributed by atoms with Crippen LogP contribution in [0.25, 0.3) is 0 Å². The predicted octanol–water partition coefficient (Wildman–Crippen LogP) is 2.07. The van der Waals surface area contributed by atoms with Gasteiger partial charge in [-0.2, -0.15) is 0 Å². The number of ether oxygens (including phenoxy) is 1. The van der Waals surface area contributed by atoms with Crippen LogP contribution in [0.1, 0.15) is 38.2 Å². The molecular formula is C14H24N4O. The molecular weight excluding hydrogens is 240 g/mol. The van der Waals surface area contributed by atoms with E-state index in [2.05, 4.69) is 22.2 Å². The number of nitrogens with one attached hydrogen (secondary N) is 1. The Balaban J connectivity index is 2.30. The molecule has 5 heteroatoms. The van der Waals surface area contributed by atoms with Crippen molar-refractivity contribution in [3.63, 3.8) is 0 Å². The fourth-order valence-corrected chi connectivity index (χ4v) is 1.66. The first-order chi connectivity index (χ1) is 9.26. The van der Waals surface area contributed by atoms with Gasteiger partial charge in [-0.05, 0) is 18.1 Å². The van der Waals surface area contributed by atoms with Gasteiger partial charge < -0.3 is 15.8 Å². The van der Waals surface area contributed by atoms with Crippen LogP contribution >= 0.6 is 0 Å². The molecule has 0 saturated carbocycles. The molecule has 0 atom stereocenters. The molecule has 0 spiro atoms. The van der Waals surface area contributed by atoms with Crippen molar-refractivity contribution < 1.29 is 4.74 Å². The summed E-state index contributed by atoms with van der Waals surface area (Å²) in [4.78, 5) is 8.33. The average Bonchev–Trinajstić information content (AvgIpc) is 2.45. The highest BCUT2D eigenvalue weighted by atomic mass is 16.5. The number of nitrogens with zero attached hydrogens (tertiary/aromatic N) is 2.